The minimum atomic E-state index is -4.11. The number of halogens is 2. The molecule has 0 heterocycles. The first kappa shape index (κ1) is 20.8. The quantitative estimate of drug-likeness (QED) is 0.682. The molecule has 1 aliphatic rings. The van der Waals surface area contributed by atoms with Crippen molar-refractivity contribution < 1.29 is 36.2 Å². The molecule has 1 aliphatic carbocycles. The van der Waals surface area contributed by atoms with Crippen molar-refractivity contribution in [1.29, 1.82) is 0 Å². The second kappa shape index (κ2) is 8.24. The Morgan fingerprint density at radius 3 is 2.45 bits per heavy atom. The van der Waals surface area contributed by atoms with E-state index in [1.54, 1.807) is 12.1 Å². The lowest BCUT2D eigenvalue weighted by Crippen LogP contribution is -2.17. The van der Waals surface area contributed by atoms with Crippen molar-refractivity contribution in [3.05, 3.63) is 47.0 Å². The SMILES string of the molecule is COC(=O)c1cc(OC)c(OC(F)F)cc1NS(=O)(=O)c1ccc2c(c1)CCC2. The first-order chi connectivity index (χ1) is 13.7. The molecule has 0 aromatic heterocycles. The summed E-state index contributed by atoms with van der Waals surface area (Å²) >= 11 is 0. The zero-order valence-corrected chi connectivity index (χ0v) is 16.5. The van der Waals surface area contributed by atoms with Gasteiger partial charge in [0, 0.05) is 12.1 Å². The first-order valence-electron chi connectivity index (χ1n) is 8.65. The number of esters is 1. The number of aryl methyl sites for hydroxylation is 2. The minimum absolute atomic E-state index is 0.00103. The summed E-state index contributed by atoms with van der Waals surface area (Å²) < 4.78 is 67.4. The van der Waals surface area contributed by atoms with Crippen LogP contribution in [-0.4, -0.2) is 35.2 Å². The van der Waals surface area contributed by atoms with Gasteiger partial charge in [0.1, 0.15) is 0 Å². The van der Waals surface area contributed by atoms with Crippen molar-refractivity contribution >= 4 is 21.7 Å². The highest BCUT2D eigenvalue weighted by molar-refractivity contribution is 7.92. The molecule has 0 saturated heterocycles. The van der Waals surface area contributed by atoms with Crippen molar-refractivity contribution in [2.24, 2.45) is 0 Å². The van der Waals surface area contributed by atoms with E-state index in [0.717, 1.165) is 49.6 Å². The Morgan fingerprint density at radius 2 is 1.79 bits per heavy atom. The maximum atomic E-state index is 12.9. The lowest BCUT2D eigenvalue weighted by Gasteiger charge is -2.16. The molecular formula is C19H19F2NO6S. The molecule has 0 fully saturated rings. The Morgan fingerprint density at radius 1 is 1.07 bits per heavy atom. The van der Waals surface area contributed by atoms with Crippen molar-refractivity contribution in [2.45, 2.75) is 30.8 Å². The van der Waals surface area contributed by atoms with Gasteiger partial charge < -0.3 is 14.2 Å². The number of ether oxygens (including phenoxy) is 3. The average molecular weight is 427 g/mol. The molecule has 2 aromatic rings. The van der Waals surface area contributed by atoms with Gasteiger partial charge in [-0.3, -0.25) is 4.72 Å². The molecular weight excluding hydrogens is 408 g/mol. The summed E-state index contributed by atoms with van der Waals surface area (Å²) in [5.41, 5.74) is 1.55. The van der Waals surface area contributed by atoms with Gasteiger partial charge in [-0.2, -0.15) is 8.78 Å². The molecule has 3 rings (SSSR count). The van der Waals surface area contributed by atoms with Crippen LogP contribution in [-0.2, 0) is 27.6 Å². The van der Waals surface area contributed by atoms with E-state index in [4.69, 9.17) is 4.74 Å². The molecule has 0 spiro atoms. The number of sulfonamides is 1. The third-order valence-electron chi connectivity index (χ3n) is 4.55. The van der Waals surface area contributed by atoms with E-state index in [0.29, 0.717) is 0 Å². The normalized spacial score (nSPS) is 13.1. The zero-order chi connectivity index (χ0) is 21.2. The van der Waals surface area contributed by atoms with Crippen LogP contribution in [0.3, 0.4) is 0 Å². The van der Waals surface area contributed by atoms with Crippen molar-refractivity contribution in [2.75, 3.05) is 18.9 Å². The van der Waals surface area contributed by atoms with Crippen molar-refractivity contribution in [3.8, 4) is 11.5 Å². The average Bonchev–Trinajstić information content (AvgIpc) is 3.14. The number of nitrogens with one attached hydrogen (secondary N) is 1. The number of anilines is 1. The van der Waals surface area contributed by atoms with E-state index in [1.165, 1.54) is 13.2 Å². The molecule has 29 heavy (non-hydrogen) atoms. The molecule has 10 heteroatoms. The Balaban J connectivity index is 2.04. The lowest BCUT2D eigenvalue weighted by molar-refractivity contribution is -0.0511. The number of hydrogen-bond acceptors (Lipinski definition) is 6. The Hall–Kier alpha value is -2.88. The van der Waals surface area contributed by atoms with Gasteiger partial charge in [-0.15, -0.1) is 0 Å². The highest BCUT2D eigenvalue weighted by Crippen LogP contribution is 2.36. The molecule has 2 aromatic carbocycles. The number of carbonyl (C=O) groups excluding carboxylic acids is 1. The predicted octanol–water partition coefficient (Wildman–Crippen LogP) is 3.37. The van der Waals surface area contributed by atoms with Gasteiger partial charge in [0.25, 0.3) is 10.0 Å². The summed E-state index contributed by atoms with van der Waals surface area (Å²) in [5.74, 6) is -1.48. The molecule has 0 amide bonds. The van der Waals surface area contributed by atoms with E-state index < -0.39 is 28.4 Å². The van der Waals surface area contributed by atoms with Gasteiger partial charge in [0.2, 0.25) is 0 Å². The fourth-order valence-electron chi connectivity index (χ4n) is 3.19. The van der Waals surface area contributed by atoms with E-state index in [9.17, 15) is 22.0 Å². The lowest BCUT2D eigenvalue weighted by atomic mass is 10.1. The number of carbonyl (C=O) groups is 1. The summed E-state index contributed by atoms with van der Waals surface area (Å²) in [4.78, 5) is 12.1. The number of rotatable bonds is 7. The highest BCUT2D eigenvalue weighted by Gasteiger charge is 2.24. The van der Waals surface area contributed by atoms with E-state index >= 15 is 0 Å². The molecule has 0 bridgehead atoms. The topological polar surface area (TPSA) is 90.9 Å². The van der Waals surface area contributed by atoms with E-state index in [2.05, 4.69) is 14.2 Å². The van der Waals surface area contributed by atoms with Crippen LogP contribution in [0.15, 0.2) is 35.2 Å². The summed E-state index contributed by atoms with van der Waals surface area (Å²) in [6.45, 7) is -3.17. The number of hydrogen-bond donors (Lipinski definition) is 1. The van der Waals surface area contributed by atoms with Crippen LogP contribution in [0.5, 0.6) is 11.5 Å². The van der Waals surface area contributed by atoms with Crippen LogP contribution < -0.4 is 14.2 Å². The summed E-state index contributed by atoms with van der Waals surface area (Å²) in [6.07, 6.45) is 2.62. The number of fused-ring (bicyclic) bond motifs is 1. The zero-order valence-electron chi connectivity index (χ0n) is 15.7. The molecule has 0 radical (unpaired) electrons. The standard InChI is InChI=1S/C19H19F2NO6S/c1-26-16-9-14(18(23)27-2)15(10-17(16)28-19(20)21)22-29(24,25)13-7-6-11-4-3-5-12(11)8-13/h6-10,19,22H,3-5H2,1-2H3. The summed E-state index contributed by atoms with van der Waals surface area (Å²) in [7, 11) is -1.80. The van der Waals surface area contributed by atoms with E-state index in [-0.39, 0.29) is 21.9 Å². The van der Waals surface area contributed by atoms with Crippen LogP contribution in [0.2, 0.25) is 0 Å². The van der Waals surface area contributed by atoms with Gasteiger partial charge in [-0.05, 0) is 42.5 Å². The van der Waals surface area contributed by atoms with Crippen LogP contribution in [0.1, 0.15) is 27.9 Å². The summed E-state index contributed by atoms with van der Waals surface area (Å²) in [6, 6.07) is 6.82. The van der Waals surface area contributed by atoms with E-state index in [1.807, 2.05) is 0 Å². The Kier molecular flexibility index (Phi) is 5.92. The first-order valence-corrected chi connectivity index (χ1v) is 10.1. The van der Waals surface area contributed by atoms with Gasteiger partial charge in [-0.25, -0.2) is 13.2 Å². The molecule has 0 atom stereocenters. The molecule has 0 unspecified atom stereocenters. The fraction of sp³-hybridized carbons (Fsp3) is 0.316. The molecule has 1 N–H and O–H groups in total. The monoisotopic (exact) mass is 427 g/mol. The van der Waals surface area contributed by atoms with Crippen LogP contribution in [0.4, 0.5) is 14.5 Å². The largest absolute Gasteiger partial charge is 0.493 e. The van der Waals surface area contributed by atoms with Crippen LogP contribution in [0.25, 0.3) is 0 Å². The Labute approximate surface area is 166 Å². The third kappa shape index (κ3) is 4.42. The number of benzene rings is 2. The third-order valence-corrected chi connectivity index (χ3v) is 5.91. The van der Waals surface area contributed by atoms with Gasteiger partial charge in [-0.1, -0.05) is 6.07 Å². The fourth-order valence-corrected chi connectivity index (χ4v) is 4.31. The Bertz CT molecular complexity index is 1040. The summed E-state index contributed by atoms with van der Waals surface area (Å²) in [5, 5.41) is 0. The number of alkyl halides is 2. The second-order valence-corrected chi connectivity index (χ2v) is 7.99. The van der Waals surface area contributed by atoms with Gasteiger partial charge >= 0.3 is 12.6 Å². The molecule has 156 valence electrons. The van der Waals surface area contributed by atoms with Crippen molar-refractivity contribution in [3.63, 3.8) is 0 Å². The molecule has 0 saturated carbocycles. The molecule has 0 aliphatic heterocycles. The van der Waals surface area contributed by atoms with Gasteiger partial charge in [0.05, 0.1) is 30.4 Å². The van der Waals surface area contributed by atoms with Crippen molar-refractivity contribution in [1.82, 2.24) is 0 Å². The molecule has 7 nitrogen and oxygen atoms in total. The number of methoxy groups -OCH3 is 2. The highest BCUT2D eigenvalue weighted by atomic mass is 32.2. The second-order valence-electron chi connectivity index (χ2n) is 6.31. The van der Waals surface area contributed by atoms with Crippen LogP contribution >= 0.6 is 0 Å². The maximum Gasteiger partial charge on any atom is 0.387 e. The minimum Gasteiger partial charge on any atom is -0.493 e. The predicted molar refractivity (Wildman–Crippen MR) is 100 cm³/mol. The van der Waals surface area contributed by atoms with Crippen LogP contribution in [0, 0.1) is 0 Å². The smallest absolute Gasteiger partial charge is 0.387 e. The van der Waals surface area contributed by atoms with Gasteiger partial charge in [0.15, 0.2) is 11.5 Å². The maximum absolute atomic E-state index is 12.9.